The van der Waals surface area contributed by atoms with Crippen LogP contribution in [0.1, 0.15) is 18.2 Å². The Morgan fingerprint density at radius 3 is 3.00 bits per heavy atom. The second-order valence-corrected chi connectivity index (χ2v) is 6.55. The van der Waals surface area contributed by atoms with Gasteiger partial charge in [-0.2, -0.15) is 0 Å². The molecule has 1 aromatic rings. The zero-order valence-electron chi connectivity index (χ0n) is 10.8. The van der Waals surface area contributed by atoms with Gasteiger partial charge in [0.25, 0.3) is 0 Å². The molecule has 1 amide bonds. The second kappa shape index (κ2) is 6.50. The molecule has 2 atom stereocenters. The van der Waals surface area contributed by atoms with Gasteiger partial charge in [-0.3, -0.25) is 14.3 Å². The van der Waals surface area contributed by atoms with Crippen molar-refractivity contribution in [2.45, 2.75) is 12.6 Å². The van der Waals surface area contributed by atoms with Gasteiger partial charge in [-0.25, -0.2) is 0 Å². The Bertz CT molecular complexity index is 495. The Morgan fingerprint density at radius 2 is 2.32 bits per heavy atom. The SMILES string of the molecule is CS(=O)CCCN1C(=O)CNC1c1cccc(Cl)c1. The van der Waals surface area contributed by atoms with Gasteiger partial charge in [0, 0.05) is 34.4 Å². The predicted octanol–water partition coefficient (Wildman–Crippen LogP) is 1.54. The maximum atomic E-state index is 11.9. The highest BCUT2D eigenvalue weighted by atomic mass is 35.5. The minimum absolute atomic E-state index is 0.0758. The molecule has 0 spiro atoms. The van der Waals surface area contributed by atoms with Gasteiger partial charge in [-0.15, -0.1) is 0 Å². The van der Waals surface area contributed by atoms with Crippen LogP contribution in [0.3, 0.4) is 0 Å². The summed E-state index contributed by atoms with van der Waals surface area (Å²) < 4.78 is 11.1. The number of rotatable bonds is 5. The normalized spacial score (nSPS) is 20.8. The van der Waals surface area contributed by atoms with Gasteiger partial charge in [0.15, 0.2) is 0 Å². The van der Waals surface area contributed by atoms with E-state index in [1.54, 1.807) is 11.2 Å². The van der Waals surface area contributed by atoms with Gasteiger partial charge in [0.05, 0.1) is 6.54 Å². The number of halogens is 1. The Morgan fingerprint density at radius 1 is 1.53 bits per heavy atom. The van der Waals surface area contributed by atoms with Gasteiger partial charge >= 0.3 is 0 Å². The highest BCUT2D eigenvalue weighted by molar-refractivity contribution is 7.84. The first-order chi connectivity index (χ1) is 9.08. The largest absolute Gasteiger partial charge is 0.322 e. The summed E-state index contributed by atoms with van der Waals surface area (Å²) in [6.45, 7) is 0.953. The fraction of sp³-hybridized carbons (Fsp3) is 0.462. The summed E-state index contributed by atoms with van der Waals surface area (Å²) in [7, 11) is -0.816. The number of nitrogens with zero attached hydrogens (tertiary/aromatic N) is 1. The summed E-state index contributed by atoms with van der Waals surface area (Å²) in [5.41, 5.74) is 0.982. The molecule has 1 aliphatic rings. The zero-order valence-corrected chi connectivity index (χ0v) is 12.3. The summed E-state index contributed by atoms with van der Waals surface area (Å²) in [6, 6.07) is 7.50. The number of hydrogen-bond acceptors (Lipinski definition) is 3. The average Bonchev–Trinajstić information content (AvgIpc) is 2.71. The molecule has 0 aromatic heterocycles. The molecule has 0 saturated carbocycles. The molecule has 19 heavy (non-hydrogen) atoms. The summed E-state index contributed by atoms with van der Waals surface area (Å²) in [4.78, 5) is 13.7. The molecule has 1 heterocycles. The van der Waals surface area contributed by atoms with Crippen molar-refractivity contribution < 1.29 is 9.00 Å². The van der Waals surface area contributed by atoms with Gasteiger partial charge in [-0.05, 0) is 24.1 Å². The van der Waals surface area contributed by atoms with Gasteiger partial charge in [0.2, 0.25) is 5.91 Å². The van der Waals surface area contributed by atoms with Crippen LogP contribution < -0.4 is 5.32 Å². The van der Waals surface area contributed by atoms with Crippen molar-refractivity contribution in [2.24, 2.45) is 0 Å². The van der Waals surface area contributed by atoms with Crippen molar-refractivity contribution in [2.75, 3.05) is 25.1 Å². The van der Waals surface area contributed by atoms with Gasteiger partial charge in [-0.1, -0.05) is 23.7 Å². The molecule has 4 nitrogen and oxygen atoms in total. The van der Waals surface area contributed by atoms with Crippen LogP contribution in [0.2, 0.25) is 5.02 Å². The molecule has 2 rings (SSSR count). The van der Waals surface area contributed by atoms with Gasteiger partial charge < -0.3 is 4.90 Å². The lowest BCUT2D eigenvalue weighted by Gasteiger charge is -2.24. The monoisotopic (exact) mass is 300 g/mol. The minimum Gasteiger partial charge on any atom is -0.322 e. The molecule has 104 valence electrons. The van der Waals surface area contributed by atoms with Crippen LogP contribution in [0, 0.1) is 0 Å². The third-order valence-corrected chi connectivity index (χ3v) is 4.17. The molecule has 6 heteroatoms. The highest BCUT2D eigenvalue weighted by Crippen LogP contribution is 2.24. The third kappa shape index (κ3) is 3.78. The number of nitrogens with one attached hydrogen (secondary N) is 1. The van der Waals surface area contributed by atoms with Crippen molar-refractivity contribution in [3.05, 3.63) is 34.9 Å². The van der Waals surface area contributed by atoms with Crippen molar-refractivity contribution in [3.63, 3.8) is 0 Å². The first-order valence-corrected chi connectivity index (χ1v) is 8.27. The van der Waals surface area contributed by atoms with E-state index in [4.69, 9.17) is 11.6 Å². The van der Waals surface area contributed by atoms with Crippen molar-refractivity contribution in [1.82, 2.24) is 10.2 Å². The smallest absolute Gasteiger partial charge is 0.238 e. The third-order valence-electron chi connectivity index (χ3n) is 3.07. The quantitative estimate of drug-likeness (QED) is 0.897. The number of amides is 1. The average molecular weight is 301 g/mol. The fourth-order valence-corrected chi connectivity index (χ4v) is 2.94. The molecule has 1 fully saturated rings. The van der Waals surface area contributed by atoms with E-state index in [1.165, 1.54) is 0 Å². The van der Waals surface area contributed by atoms with Crippen LogP contribution in [-0.2, 0) is 15.6 Å². The lowest BCUT2D eigenvalue weighted by atomic mass is 10.1. The topological polar surface area (TPSA) is 49.4 Å². The molecule has 0 aliphatic carbocycles. The van der Waals surface area contributed by atoms with E-state index in [0.717, 1.165) is 12.0 Å². The van der Waals surface area contributed by atoms with E-state index in [2.05, 4.69) is 5.32 Å². The van der Waals surface area contributed by atoms with Crippen LogP contribution in [-0.4, -0.2) is 40.1 Å². The molecule has 1 aromatic carbocycles. The predicted molar refractivity (Wildman–Crippen MR) is 77.5 cm³/mol. The fourth-order valence-electron chi connectivity index (χ4n) is 2.21. The second-order valence-electron chi connectivity index (χ2n) is 4.56. The standard InChI is InChI=1S/C13H17ClN2O2S/c1-19(18)7-3-6-16-12(17)9-15-13(16)10-4-2-5-11(14)8-10/h2,4-5,8,13,15H,3,6-7,9H2,1H3. The van der Waals surface area contributed by atoms with Crippen molar-refractivity contribution in [3.8, 4) is 0 Å². The van der Waals surface area contributed by atoms with E-state index in [0.29, 0.717) is 23.9 Å². The summed E-state index contributed by atoms with van der Waals surface area (Å²) in [5.74, 6) is 0.693. The summed E-state index contributed by atoms with van der Waals surface area (Å²) in [5, 5.41) is 3.84. The highest BCUT2D eigenvalue weighted by Gasteiger charge is 2.30. The van der Waals surface area contributed by atoms with E-state index >= 15 is 0 Å². The van der Waals surface area contributed by atoms with Crippen molar-refractivity contribution >= 4 is 28.3 Å². The van der Waals surface area contributed by atoms with Crippen molar-refractivity contribution in [1.29, 1.82) is 0 Å². The Labute approximate surface area is 120 Å². The number of carbonyl (C=O) groups is 1. The minimum atomic E-state index is -0.816. The lowest BCUT2D eigenvalue weighted by Crippen LogP contribution is -2.31. The van der Waals surface area contributed by atoms with Crippen LogP contribution in [0.4, 0.5) is 0 Å². The maximum absolute atomic E-state index is 11.9. The molecule has 1 saturated heterocycles. The van der Waals surface area contributed by atoms with E-state index < -0.39 is 10.8 Å². The molecular weight excluding hydrogens is 284 g/mol. The first kappa shape index (κ1) is 14.5. The Balaban J connectivity index is 2.06. The number of carbonyl (C=O) groups excluding carboxylic acids is 1. The molecular formula is C13H17ClN2O2S. The molecule has 0 radical (unpaired) electrons. The molecule has 1 N–H and O–H groups in total. The molecule has 0 bridgehead atoms. The van der Waals surface area contributed by atoms with E-state index in [9.17, 15) is 9.00 Å². The van der Waals surface area contributed by atoms with Crippen LogP contribution in [0.25, 0.3) is 0 Å². The molecule has 1 aliphatic heterocycles. The zero-order chi connectivity index (χ0) is 13.8. The van der Waals surface area contributed by atoms with Crippen LogP contribution in [0.15, 0.2) is 24.3 Å². The Kier molecular flexibility index (Phi) is 4.96. The van der Waals surface area contributed by atoms with Gasteiger partial charge in [0.1, 0.15) is 6.17 Å². The van der Waals surface area contributed by atoms with E-state index in [-0.39, 0.29) is 12.1 Å². The number of benzene rings is 1. The molecule has 2 unspecified atom stereocenters. The van der Waals surface area contributed by atoms with E-state index in [1.807, 2.05) is 24.3 Å². The summed E-state index contributed by atoms with van der Waals surface area (Å²) >= 11 is 5.98. The van der Waals surface area contributed by atoms with Crippen LogP contribution in [0.5, 0.6) is 0 Å². The Hall–Kier alpha value is -0.910. The number of hydrogen-bond donors (Lipinski definition) is 1. The summed E-state index contributed by atoms with van der Waals surface area (Å²) in [6.07, 6.45) is 2.29. The first-order valence-electron chi connectivity index (χ1n) is 6.16. The maximum Gasteiger partial charge on any atom is 0.238 e. The lowest BCUT2D eigenvalue weighted by molar-refractivity contribution is -0.128. The van der Waals surface area contributed by atoms with Crippen LogP contribution >= 0.6 is 11.6 Å².